The largest absolute Gasteiger partial charge is 0.444 e. The molecular formula is C19H18N2O2. The Labute approximate surface area is 135 Å². The molecule has 116 valence electrons. The molecule has 1 heterocycles. The van der Waals surface area contributed by atoms with Crippen LogP contribution in [0.1, 0.15) is 24.2 Å². The summed E-state index contributed by atoms with van der Waals surface area (Å²) in [6.07, 6.45) is 1.74. The zero-order chi connectivity index (χ0) is 16.1. The van der Waals surface area contributed by atoms with E-state index in [2.05, 4.69) is 10.3 Å². The highest BCUT2D eigenvalue weighted by atomic mass is 16.3. The molecule has 0 aliphatic rings. The number of oxazole rings is 1. The number of carbonyl (C=O) groups excluding carboxylic acids is 1. The molecule has 1 amide bonds. The van der Waals surface area contributed by atoms with E-state index in [9.17, 15) is 4.79 Å². The molecule has 0 bridgehead atoms. The van der Waals surface area contributed by atoms with Crippen LogP contribution < -0.4 is 5.32 Å². The number of nitrogens with zero attached hydrogens (tertiary/aromatic N) is 1. The van der Waals surface area contributed by atoms with Gasteiger partial charge in [0.1, 0.15) is 6.26 Å². The second-order valence-electron chi connectivity index (χ2n) is 5.39. The van der Waals surface area contributed by atoms with Gasteiger partial charge < -0.3 is 9.73 Å². The predicted octanol–water partition coefficient (Wildman–Crippen LogP) is 3.76. The quantitative estimate of drug-likeness (QED) is 0.781. The number of rotatable bonds is 5. The second-order valence-corrected chi connectivity index (χ2v) is 5.39. The molecule has 1 N–H and O–H groups in total. The number of nitrogens with one attached hydrogen (secondary N) is 1. The molecule has 0 fully saturated rings. The SMILES string of the molecule is CC(NC(=O)Cc1coc(-c2ccccc2)n1)c1ccccc1. The molecule has 0 saturated heterocycles. The van der Waals surface area contributed by atoms with Crippen LogP contribution in [0.2, 0.25) is 0 Å². The van der Waals surface area contributed by atoms with Gasteiger partial charge >= 0.3 is 0 Å². The van der Waals surface area contributed by atoms with Crippen molar-refractivity contribution in [3.8, 4) is 11.5 Å². The topological polar surface area (TPSA) is 55.1 Å². The van der Waals surface area contributed by atoms with E-state index in [1.54, 1.807) is 0 Å². The van der Waals surface area contributed by atoms with Crippen molar-refractivity contribution >= 4 is 5.91 Å². The van der Waals surface area contributed by atoms with Crippen molar-refractivity contribution in [2.45, 2.75) is 19.4 Å². The molecule has 0 saturated carbocycles. The Morgan fingerprint density at radius 1 is 1.09 bits per heavy atom. The number of carbonyl (C=O) groups is 1. The van der Waals surface area contributed by atoms with Gasteiger partial charge in [-0.2, -0.15) is 0 Å². The highest BCUT2D eigenvalue weighted by molar-refractivity contribution is 5.78. The lowest BCUT2D eigenvalue weighted by Gasteiger charge is -2.13. The van der Waals surface area contributed by atoms with E-state index in [0.29, 0.717) is 11.6 Å². The monoisotopic (exact) mass is 306 g/mol. The summed E-state index contributed by atoms with van der Waals surface area (Å²) in [5.74, 6) is 0.457. The normalized spacial score (nSPS) is 11.9. The predicted molar refractivity (Wildman–Crippen MR) is 88.6 cm³/mol. The van der Waals surface area contributed by atoms with Crippen LogP contribution >= 0.6 is 0 Å². The maximum Gasteiger partial charge on any atom is 0.226 e. The van der Waals surface area contributed by atoms with Crippen LogP contribution in [0.15, 0.2) is 71.3 Å². The Kier molecular flexibility index (Phi) is 4.52. The summed E-state index contributed by atoms with van der Waals surface area (Å²) in [6.45, 7) is 1.96. The first kappa shape index (κ1) is 15.0. The van der Waals surface area contributed by atoms with E-state index in [4.69, 9.17) is 4.42 Å². The Balaban J connectivity index is 1.61. The van der Waals surface area contributed by atoms with Gasteiger partial charge in [0.15, 0.2) is 0 Å². The summed E-state index contributed by atoms with van der Waals surface area (Å²) < 4.78 is 5.45. The first-order valence-corrected chi connectivity index (χ1v) is 7.56. The zero-order valence-electron chi connectivity index (χ0n) is 12.9. The molecule has 3 rings (SSSR count). The van der Waals surface area contributed by atoms with Crippen LogP contribution in [0.3, 0.4) is 0 Å². The highest BCUT2D eigenvalue weighted by Gasteiger charge is 2.13. The highest BCUT2D eigenvalue weighted by Crippen LogP contribution is 2.18. The molecule has 0 spiro atoms. The summed E-state index contributed by atoms with van der Waals surface area (Å²) >= 11 is 0. The lowest BCUT2D eigenvalue weighted by molar-refractivity contribution is -0.121. The van der Waals surface area contributed by atoms with E-state index in [1.165, 1.54) is 6.26 Å². The molecule has 1 aromatic heterocycles. The maximum atomic E-state index is 12.1. The second kappa shape index (κ2) is 6.92. The zero-order valence-corrected chi connectivity index (χ0v) is 12.9. The standard InChI is InChI=1S/C19H18N2O2/c1-14(15-8-4-2-5-9-15)20-18(22)12-17-13-23-19(21-17)16-10-6-3-7-11-16/h2-11,13-14H,12H2,1H3,(H,20,22). The lowest BCUT2D eigenvalue weighted by atomic mass is 10.1. The van der Waals surface area contributed by atoms with Crippen LogP contribution in [-0.2, 0) is 11.2 Å². The molecule has 2 aromatic carbocycles. The van der Waals surface area contributed by atoms with E-state index in [-0.39, 0.29) is 18.4 Å². The Bertz CT molecular complexity index is 766. The average molecular weight is 306 g/mol. The minimum atomic E-state index is -0.0748. The van der Waals surface area contributed by atoms with Crippen molar-refractivity contribution < 1.29 is 9.21 Å². The number of hydrogen-bond acceptors (Lipinski definition) is 3. The number of benzene rings is 2. The molecule has 1 atom stereocenters. The molecule has 0 aliphatic carbocycles. The summed E-state index contributed by atoms with van der Waals surface area (Å²) in [5, 5.41) is 2.97. The summed E-state index contributed by atoms with van der Waals surface area (Å²) in [5.41, 5.74) is 2.60. The molecule has 23 heavy (non-hydrogen) atoms. The molecular weight excluding hydrogens is 288 g/mol. The number of aromatic nitrogens is 1. The fourth-order valence-electron chi connectivity index (χ4n) is 2.38. The maximum absolute atomic E-state index is 12.1. The molecule has 4 heteroatoms. The van der Waals surface area contributed by atoms with Gasteiger partial charge in [0, 0.05) is 5.56 Å². The summed E-state index contributed by atoms with van der Waals surface area (Å²) in [6, 6.07) is 19.5. The molecule has 0 radical (unpaired) electrons. The van der Waals surface area contributed by atoms with Crippen LogP contribution in [-0.4, -0.2) is 10.9 Å². The fraction of sp³-hybridized carbons (Fsp3) is 0.158. The van der Waals surface area contributed by atoms with Crippen molar-refractivity contribution in [1.82, 2.24) is 10.3 Å². The van der Waals surface area contributed by atoms with Gasteiger partial charge in [0.2, 0.25) is 11.8 Å². The van der Waals surface area contributed by atoms with Crippen molar-refractivity contribution in [2.75, 3.05) is 0 Å². The number of amides is 1. The van der Waals surface area contributed by atoms with Gasteiger partial charge in [-0.15, -0.1) is 0 Å². The van der Waals surface area contributed by atoms with E-state index in [0.717, 1.165) is 11.1 Å². The van der Waals surface area contributed by atoms with Crippen molar-refractivity contribution in [3.05, 3.63) is 78.2 Å². The van der Waals surface area contributed by atoms with Crippen LogP contribution in [0, 0.1) is 0 Å². The molecule has 4 nitrogen and oxygen atoms in total. The van der Waals surface area contributed by atoms with Crippen molar-refractivity contribution in [2.24, 2.45) is 0 Å². The van der Waals surface area contributed by atoms with Gasteiger partial charge in [0.05, 0.1) is 18.2 Å². The number of hydrogen-bond donors (Lipinski definition) is 1. The van der Waals surface area contributed by atoms with E-state index < -0.39 is 0 Å². The third-order valence-electron chi connectivity index (χ3n) is 3.59. The van der Waals surface area contributed by atoms with Crippen LogP contribution in [0.4, 0.5) is 0 Å². The first-order valence-electron chi connectivity index (χ1n) is 7.56. The van der Waals surface area contributed by atoms with Gasteiger partial charge in [-0.05, 0) is 24.6 Å². The summed E-state index contributed by atoms with van der Waals surface area (Å²) in [7, 11) is 0. The van der Waals surface area contributed by atoms with Gasteiger partial charge in [-0.1, -0.05) is 48.5 Å². The third kappa shape index (κ3) is 3.86. The van der Waals surface area contributed by atoms with Crippen LogP contribution in [0.25, 0.3) is 11.5 Å². The minimum Gasteiger partial charge on any atom is -0.444 e. The Morgan fingerprint density at radius 2 is 1.74 bits per heavy atom. The molecule has 3 aromatic rings. The smallest absolute Gasteiger partial charge is 0.226 e. The Hall–Kier alpha value is -2.88. The minimum absolute atomic E-state index is 0.0378. The fourth-order valence-corrected chi connectivity index (χ4v) is 2.38. The molecule has 1 unspecified atom stereocenters. The van der Waals surface area contributed by atoms with E-state index >= 15 is 0 Å². The van der Waals surface area contributed by atoms with Crippen molar-refractivity contribution in [3.63, 3.8) is 0 Å². The van der Waals surface area contributed by atoms with Crippen molar-refractivity contribution in [1.29, 1.82) is 0 Å². The van der Waals surface area contributed by atoms with E-state index in [1.807, 2.05) is 67.6 Å². The van der Waals surface area contributed by atoms with Crippen LogP contribution in [0.5, 0.6) is 0 Å². The van der Waals surface area contributed by atoms with Gasteiger partial charge in [-0.3, -0.25) is 4.79 Å². The lowest BCUT2D eigenvalue weighted by Crippen LogP contribution is -2.28. The Morgan fingerprint density at radius 3 is 2.43 bits per heavy atom. The third-order valence-corrected chi connectivity index (χ3v) is 3.59. The molecule has 0 aliphatic heterocycles. The van der Waals surface area contributed by atoms with Gasteiger partial charge in [0.25, 0.3) is 0 Å². The average Bonchev–Trinajstić information content (AvgIpc) is 3.04. The first-order chi connectivity index (χ1) is 11.2. The van der Waals surface area contributed by atoms with Gasteiger partial charge in [-0.25, -0.2) is 4.98 Å². The summed E-state index contributed by atoms with van der Waals surface area (Å²) in [4.78, 5) is 16.5.